The topological polar surface area (TPSA) is 95.4 Å². The average molecular weight is 600 g/mol. The number of hydrogen-bond acceptors (Lipinski definition) is 7. The number of nitrogens with one attached hydrogen (secondary N) is 2. The van der Waals surface area contributed by atoms with Crippen LogP contribution in [-0.4, -0.2) is 64.6 Å². The maximum absolute atomic E-state index is 14.4. The second-order valence-corrected chi connectivity index (χ2v) is 11.8. The number of benzene rings is 2. The lowest BCUT2D eigenvalue weighted by Crippen LogP contribution is -2.43. The normalized spacial score (nSPS) is 17.3. The Balaban J connectivity index is 1.44. The van der Waals surface area contributed by atoms with Gasteiger partial charge < -0.3 is 20.4 Å². The molecule has 0 bridgehead atoms. The van der Waals surface area contributed by atoms with Crippen LogP contribution in [0.3, 0.4) is 0 Å². The molecule has 4 heterocycles. The minimum absolute atomic E-state index is 0.0945. The third kappa shape index (κ3) is 5.71. The highest BCUT2D eigenvalue weighted by Gasteiger charge is 2.29. The number of carbonyl (C=O) groups excluding carboxylic acids is 1. The van der Waals surface area contributed by atoms with E-state index < -0.39 is 0 Å². The first kappa shape index (κ1) is 29.1. The van der Waals surface area contributed by atoms with E-state index in [2.05, 4.69) is 39.6 Å². The Morgan fingerprint density at radius 3 is 2.65 bits per heavy atom. The van der Waals surface area contributed by atoms with Crippen LogP contribution in [0.15, 0.2) is 53.5 Å². The van der Waals surface area contributed by atoms with E-state index in [1.165, 1.54) is 11.3 Å². The van der Waals surface area contributed by atoms with Gasteiger partial charge in [0, 0.05) is 79.2 Å². The van der Waals surface area contributed by atoms with Gasteiger partial charge >= 0.3 is 0 Å². The Morgan fingerprint density at radius 1 is 1.12 bits per heavy atom. The summed E-state index contributed by atoms with van der Waals surface area (Å²) in [5.74, 6) is 0.509. The molecule has 224 valence electrons. The Morgan fingerprint density at radius 2 is 1.91 bits per heavy atom. The van der Waals surface area contributed by atoms with E-state index in [1.807, 2.05) is 43.0 Å². The third-order valence-corrected chi connectivity index (χ3v) is 9.01. The molecule has 0 radical (unpaired) electrons. The predicted molar refractivity (Wildman–Crippen MR) is 174 cm³/mol. The van der Waals surface area contributed by atoms with Crippen molar-refractivity contribution < 1.29 is 4.79 Å². The lowest BCUT2D eigenvalue weighted by Gasteiger charge is -2.34. The predicted octanol–water partition coefficient (Wildman–Crippen LogP) is 5.46. The maximum atomic E-state index is 14.4. The van der Waals surface area contributed by atoms with Crippen LogP contribution in [0.4, 0.5) is 17.3 Å². The summed E-state index contributed by atoms with van der Waals surface area (Å²) in [5, 5.41) is 8.07. The molecule has 1 atom stereocenters. The van der Waals surface area contributed by atoms with Crippen molar-refractivity contribution >= 4 is 45.9 Å². The van der Waals surface area contributed by atoms with Crippen molar-refractivity contribution in [2.75, 3.05) is 49.5 Å². The van der Waals surface area contributed by atoms with Crippen LogP contribution in [0.1, 0.15) is 43.4 Å². The van der Waals surface area contributed by atoms with Gasteiger partial charge in [0.05, 0.1) is 11.6 Å². The summed E-state index contributed by atoms with van der Waals surface area (Å²) in [6.45, 7) is 11.0. The van der Waals surface area contributed by atoms with Gasteiger partial charge in [0.15, 0.2) is 0 Å². The number of aryl methyl sites for hydroxylation is 2. The molecule has 2 aliphatic heterocycles. The second-order valence-electron chi connectivity index (χ2n) is 11.4. The number of amides is 1. The summed E-state index contributed by atoms with van der Waals surface area (Å²) >= 11 is 6.62. The second kappa shape index (κ2) is 12.3. The maximum Gasteiger partial charge on any atom is 0.260 e. The molecule has 0 saturated carbocycles. The highest BCUT2D eigenvalue weighted by atomic mass is 35.5. The van der Waals surface area contributed by atoms with E-state index in [1.54, 1.807) is 16.8 Å². The zero-order valence-electron chi connectivity index (χ0n) is 25.0. The minimum Gasteiger partial charge on any atom is -0.369 e. The van der Waals surface area contributed by atoms with E-state index in [0.717, 1.165) is 55.7 Å². The smallest absolute Gasteiger partial charge is 0.260 e. The largest absolute Gasteiger partial charge is 0.369 e. The average Bonchev–Trinajstić information content (AvgIpc) is 3.02. The van der Waals surface area contributed by atoms with Gasteiger partial charge in [-0.1, -0.05) is 36.7 Å². The van der Waals surface area contributed by atoms with Crippen molar-refractivity contribution in [3.05, 3.63) is 75.2 Å². The number of hydrogen-bond donors (Lipinski definition) is 2. The van der Waals surface area contributed by atoms with Crippen molar-refractivity contribution in [2.24, 2.45) is 0 Å². The molecule has 43 heavy (non-hydrogen) atoms. The summed E-state index contributed by atoms with van der Waals surface area (Å²) in [5.41, 5.74) is 5.69. The molecule has 2 saturated heterocycles. The number of halogens is 1. The molecule has 9 nitrogen and oxygen atoms in total. The number of likely N-dealkylation sites (tertiary alicyclic amines) is 1. The Bertz CT molecular complexity index is 1730. The molecule has 2 aromatic heterocycles. The minimum atomic E-state index is -0.218. The van der Waals surface area contributed by atoms with E-state index in [9.17, 15) is 9.59 Å². The Hall–Kier alpha value is -3.95. The number of aromatic nitrogens is 3. The van der Waals surface area contributed by atoms with Gasteiger partial charge in [-0.05, 0) is 62.1 Å². The number of nitrogens with zero attached hydrogens (tertiary/aromatic N) is 5. The van der Waals surface area contributed by atoms with Gasteiger partial charge in [-0.2, -0.15) is 4.98 Å². The van der Waals surface area contributed by atoms with Crippen LogP contribution in [0.25, 0.3) is 22.2 Å². The fraction of sp³-hybridized carbons (Fsp3) is 0.394. The van der Waals surface area contributed by atoms with Crippen LogP contribution in [-0.2, 0) is 4.79 Å². The Labute approximate surface area is 256 Å². The highest BCUT2D eigenvalue weighted by Crippen LogP contribution is 2.34. The van der Waals surface area contributed by atoms with Gasteiger partial charge in [-0.3, -0.25) is 14.2 Å². The monoisotopic (exact) mass is 599 g/mol. The SMILES string of the molecule is CCC(=O)N1CCC[C@H](n2c(=O)c(-c3ccccc3Cl)c(C)c3cnc(Nc4ccc(N5CCNCC5)c(C)c4)nc32)C1. The van der Waals surface area contributed by atoms with Crippen molar-refractivity contribution in [2.45, 2.75) is 46.1 Å². The van der Waals surface area contributed by atoms with Gasteiger partial charge in [0.1, 0.15) is 5.65 Å². The van der Waals surface area contributed by atoms with Gasteiger partial charge in [-0.15, -0.1) is 0 Å². The molecule has 2 aromatic carbocycles. The van der Waals surface area contributed by atoms with E-state index in [-0.39, 0.29) is 17.5 Å². The number of piperazine rings is 1. The molecule has 2 fully saturated rings. The molecule has 4 aromatic rings. The van der Waals surface area contributed by atoms with Crippen LogP contribution in [0.5, 0.6) is 0 Å². The van der Waals surface area contributed by atoms with Gasteiger partial charge in [0.2, 0.25) is 11.9 Å². The summed E-state index contributed by atoms with van der Waals surface area (Å²) in [6.07, 6.45) is 3.81. The molecule has 2 aliphatic rings. The number of anilines is 3. The molecule has 1 amide bonds. The number of fused-ring (bicyclic) bond motifs is 1. The lowest BCUT2D eigenvalue weighted by molar-refractivity contribution is -0.132. The van der Waals surface area contributed by atoms with Crippen molar-refractivity contribution in [1.82, 2.24) is 24.8 Å². The number of carbonyl (C=O) groups is 1. The van der Waals surface area contributed by atoms with E-state index >= 15 is 0 Å². The molecular formula is C33H38ClN7O2. The third-order valence-electron chi connectivity index (χ3n) is 8.68. The summed E-state index contributed by atoms with van der Waals surface area (Å²) in [7, 11) is 0. The van der Waals surface area contributed by atoms with Gasteiger partial charge in [0.25, 0.3) is 5.56 Å². The molecule has 10 heteroatoms. The molecular weight excluding hydrogens is 562 g/mol. The highest BCUT2D eigenvalue weighted by molar-refractivity contribution is 6.33. The van der Waals surface area contributed by atoms with Crippen LogP contribution in [0.2, 0.25) is 5.02 Å². The van der Waals surface area contributed by atoms with Crippen LogP contribution in [0, 0.1) is 13.8 Å². The summed E-state index contributed by atoms with van der Waals surface area (Å²) in [4.78, 5) is 41.0. The van der Waals surface area contributed by atoms with Crippen LogP contribution >= 0.6 is 11.6 Å². The molecule has 0 aliphatic carbocycles. The quantitative estimate of drug-likeness (QED) is 0.304. The summed E-state index contributed by atoms with van der Waals surface area (Å²) < 4.78 is 1.78. The number of piperidine rings is 1. The molecule has 0 unspecified atom stereocenters. The molecule has 2 N–H and O–H groups in total. The summed E-state index contributed by atoms with van der Waals surface area (Å²) in [6, 6.07) is 13.5. The van der Waals surface area contributed by atoms with E-state index in [4.69, 9.17) is 16.6 Å². The fourth-order valence-corrected chi connectivity index (χ4v) is 6.68. The zero-order chi connectivity index (χ0) is 30.1. The standard InChI is InChI=1S/C33H38ClN7O2/c1-4-29(42)40-15-7-8-24(20-40)41-31-26(22(3)30(32(41)43)25-9-5-6-10-27(25)34)19-36-33(38-31)37-23-11-12-28(21(2)18-23)39-16-13-35-14-17-39/h5-6,9-12,18-19,24,35H,4,7-8,13-17,20H2,1-3H3,(H,36,37,38)/t24-/m0/s1. The van der Waals surface area contributed by atoms with Crippen LogP contribution < -0.4 is 21.1 Å². The van der Waals surface area contributed by atoms with Crippen molar-refractivity contribution in [3.8, 4) is 11.1 Å². The first-order valence-electron chi connectivity index (χ1n) is 15.1. The first-order valence-corrected chi connectivity index (χ1v) is 15.5. The zero-order valence-corrected chi connectivity index (χ0v) is 25.7. The molecule has 0 spiro atoms. The van der Waals surface area contributed by atoms with Gasteiger partial charge in [-0.25, -0.2) is 4.98 Å². The number of pyridine rings is 1. The lowest BCUT2D eigenvalue weighted by atomic mass is 9.98. The van der Waals surface area contributed by atoms with E-state index in [0.29, 0.717) is 47.3 Å². The van der Waals surface area contributed by atoms with Crippen molar-refractivity contribution in [3.63, 3.8) is 0 Å². The molecule has 6 rings (SSSR count). The number of rotatable bonds is 6. The first-order chi connectivity index (χ1) is 20.9. The Kier molecular flexibility index (Phi) is 8.36. The fourth-order valence-electron chi connectivity index (χ4n) is 6.45. The van der Waals surface area contributed by atoms with Crippen molar-refractivity contribution in [1.29, 1.82) is 0 Å².